The van der Waals surface area contributed by atoms with Crippen LogP contribution in [0.25, 0.3) is 5.95 Å². The third-order valence-electron chi connectivity index (χ3n) is 2.30. The van der Waals surface area contributed by atoms with Crippen molar-refractivity contribution in [3.63, 3.8) is 0 Å². The van der Waals surface area contributed by atoms with Gasteiger partial charge >= 0.3 is 0 Å². The summed E-state index contributed by atoms with van der Waals surface area (Å²) in [6.07, 6.45) is 0.359. The van der Waals surface area contributed by atoms with Crippen LogP contribution >= 0.6 is 0 Å². The number of nitrogens with one attached hydrogen (secondary N) is 2. The van der Waals surface area contributed by atoms with E-state index in [0.29, 0.717) is 6.42 Å². The molecule has 0 aliphatic carbocycles. The molecule has 9 heteroatoms. The molecule has 0 saturated heterocycles. The van der Waals surface area contributed by atoms with Gasteiger partial charge in [0.1, 0.15) is 0 Å². The van der Waals surface area contributed by atoms with Gasteiger partial charge < -0.3 is 0 Å². The number of carbonyl (C=O) groups excluding carboxylic acids is 1. The smallest absolute Gasteiger partial charge is 0.273 e. The maximum Gasteiger partial charge on any atom is 0.289 e. The van der Waals surface area contributed by atoms with Gasteiger partial charge in [-0.25, -0.2) is 4.68 Å². The van der Waals surface area contributed by atoms with Crippen molar-refractivity contribution < 1.29 is 4.79 Å². The Morgan fingerprint density at radius 3 is 2.47 bits per heavy atom. The summed E-state index contributed by atoms with van der Waals surface area (Å²) in [5.74, 6) is 0.219. The average Bonchev–Trinajstić information content (AvgIpc) is 2.75. The number of aryl methyl sites for hydroxylation is 2. The Labute approximate surface area is 109 Å². The molecular weight excluding hydrogens is 248 g/mol. The molecule has 0 fully saturated rings. The largest absolute Gasteiger partial charge is 0.289 e. The molecule has 9 nitrogen and oxygen atoms in total. The Kier molecular flexibility index (Phi) is 3.64. The van der Waals surface area contributed by atoms with Crippen molar-refractivity contribution in [1.29, 1.82) is 0 Å². The molecule has 0 saturated carbocycles. The second-order valence-corrected chi connectivity index (χ2v) is 3.89. The molecule has 0 unspecified atom stereocenters. The van der Waals surface area contributed by atoms with Crippen LogP contribution in [0, 0.1) is 13.8 Å². The van der Waals surface area contributed by atoms with E-state index in [0.717, 1.165) is 11.4 Å². The number of rotatable bonds is 4. The SMILES string of the molecule is CCC(=O)NNc1nnc(-n2nc(C)cc2C)nn1. The molecule has 0 aromatic carbocycles. The summed E-state index contributed by atoms with van der Waals surface area (Å²) in [6, 6.07) is 1.90. The van der Waals surface area contributed by atoms with E-state index in [1.54, 1.807) is 11.6 Å². The van der Waals surface area contributed by atoms with Crippen LogP contribution < -0.4 is 10.9 Å². The van der Waals surface area contributed by atoms with E-state index in [2.05, 4.69) is 36.3 Å². The molecule has 0 spiro atoms. The predicted molar refractivity (Wildman–Crippen MR) is 66.3 cm³/mol. The Balaban J connectivity index is 2.10. The minimum absolute atomic E-state index is 0.118. The number of amides is 1. The predicted octanol–water partition coefficient (Wildman–Crippen LogP) is -0.0778. The van der Waals surface area contributed by atoms with Crippen molar-refractivity contribution in [3.05, 3.63) is 17.5 Å². The van der Waals surface area contributed by atoms with Crippen molar-refractivity contribution in [1.82, 2.24) is 35.6 Å². The van der Waals surface area contributed by atoms with Crippen LogP contribution in [-0.2, 0) is 4.79 Å². The molecule has 2 heterocycles. The van der Waals surface area contributed by atoms with Crippen molar-refractivity contribution >= 4 is 11.9 Å². The maximum atomic E-state index is 11.0. The first-order valence-corrected chi connectivity index (χ1v) is 5.76. The molecule has 2 aromatic rings. The molecule has 100 valence electrons. The van der Waals surface area contributed by atoms with Gasteiger partial charge in [0.2, 0.25) is 5.91 Å². The number of hydrogen-bond acceptors (Lipinski definition) is 7. The zero-order valence-electron chi connectivity index (χ0n) is 10.9. The second-order valence-electron chi connectivity index (χ2n) is 3.89. The minimum Gasteiger partial charge on any atom is -0.273 e. The molecule has 0 atom stereocenters. The standard InChI is InChI=1S/C10H14N8O/c1-4-8(19)11-12-9-13-15-10(16-14-9)18-7(3)5-6(2)17-18/h5H,4H2,1-3H3,(H,11,19)(H,12,13,14). The third-order valence-corrected chi connectivity index (χ3v) is 2.30. The molecule has 0 aliphatic rings. The number of anilines is 1. The molecule has 1 amide bonds. The van der Waals surface area contributed by atoms with E-state index in [4.69, 9.17) is 0 Å². The zero-order valence-corrected chi connectivity index (χ0v) is 10.9. The highest BCUT2D eigenvalue weighted by molar-refractivity contribution is 5.76. The normalized spacial score (nSPS) is 10.3. The topological polar surface area (TPSA) is 111 Å². The molecule has 2 N–H and O–H groups in total. The fraction of sp³-hybridized carbons (Fsp3) is 0.400. The zero-order chi connectivity index (χ0) is 13.8. The lowest BCUT2D eigenvalue weighted by Crippen LogP contribution is -2.30. The summed E-state index contributed by atoms with van der Waals surface area (Å²) >= 11 is 0. The number of carbonyl (C=O) groups is 1. The van der Waals surface area contributed by atoms with E-state index in [9.17, 15) is 4.79 Å². The first kappa shape index (κ1) is 12.9. The van der Waals surface area contributed by atoms with Crippen molar-refractivity contribution in [2.45, 2.75) is 27.2 Å². The summed E-state index contributed by atoms with van der Waals surface area (Å²) in [5.41, 5.74) is 6.67. The minimum atomic E-state index is -0.175. The average molecular weight is 262 g/mol. The highest BCUT2D eigenvalue weighted by atomic mass is 16.2. The van der Waals surface area contributed by atoms with Crippen LogP contribution in [0.2, 0.25) is 0 Å². The quantitative estimate of drug-likeness (QED) is 0.741. The van der Waals surface area contributed by atoms with Gasteiger partial charge in [-0.3, -0.25) is 15.6 Å². The van der Waals surface area contributed by atoms with Crippen LogP contribution in [0.3, 0.4) is 0 Å². The monoisotopic (exact) mass is 262 g/mol. The summed E-state index contributed by atoms with van der Waals surface area (Å²) in [6.45, 7) is 5.50. The number of hydrogen-bond donors (Lipinski definition) is 2. The number of aromatic nitrogens is 6. The van der Waals surface area contributed by atoms with E-state index < -0.39 is 0 Å². The molecule has 0 bridgehead atoms. The van der Waals surface area contributed by atoms with Gasteiger partial charge in [0.15, 0.2) is 0 Å². The van der Waals surface area contributed by atoms with Crippen LogP contribution in [0.5, 0.6) is 0 Å². The number of hydrazine groups is 1. The summed E-state index contributed by atoms with van der Waals surface area (Å²) in [7, 11) is 0. The van der Waals surface area contributed by atoms with Crippen molar-refractivity contribution in [2.75, 3.05) is 5.43 Å². The van der Waals surface area contributed by atoms with E-state index >= 15 is 0 Å². The maximum absolute atomic E-state index is 11.0. The van der Waals surface area contributed by atoms with Crippen LogP contribution in [0.15, 0.2) is 6.07 Å². The van der Waals surface area contributed by atoms with Gasteiger partial charge in [-0.1, -0.05) is 6.92 Å². The Morgan fingerprint density at radius 1 is 1.26 bits per heavy atom. The van der Waals surface area contributed by atoms with E-state index in [-0.39, 0.29) is 17.8 Å². The van der Waals surface area contributed by atoms with Crippen molar-refractivity contribution in [3.8, 4) is 5.95 Å². The molecule has 2 rings (SSSR count). The molecule has 19 heavy (non-hydrogen) atoms. The first-order valence-electron chi connectivity index (χ1n) is 5.76. The van der Waals surface area contributed by atoms with Crippen LogP contribution in [0.1, 0.15) is 24.7 Å². The van der Waals surface area contributed by atoms with Gasteiger partial charge in [-0.2, -0.15) is 5.10 Å². The van der Waals surface area contributed by atoms with E-state index in [1.807, 2.05) is 19.9 Å². The lowest BCUT2D eigenvalue weighted by molar-refractivity contribution is -0.120. The lowest BCUT2D eigenvalue weighted by Gasteiger charge is -2.04. The van der Waals surface area contributed by atoms with Gasteiger partial charge in [-0.15, -0.1) is 20.4 Å². The van der Waals surface area contributed by atoms with E-state index in [1.165, 1.54) is 0 Å². The number of nitrogens with zero attached hydrogens (tertiary/aromatic N) is 6. The van der Waals surface area contributed by atoms with Crippen LogP contribution in [-0.4, -0.2) is 36.1 Å². The second kappa shape index (κ2) is 5.38. The lowest BCUT2D eigenvalue weighted by atomic mass is 10.4. The van der Waals surface area contributed by atoms with Crippen LogP contribution in [0.4, 0.5) is 5.95 Å². The van der Waals surface area contributed by atoms with Gasteiger partial charge in [0.05, 0.1) is 5.69 Å². The Hall–Kier alpha value is -2.58. The van der Waals surface area contributed by atoms with Gasteiger partial charge in [0, 0.05) is 12.1 Å². The highest BCUT2D eigenvalue weighted by Gasteiger charge is 2.08. The Morgan fingerprint density at radius 2 is 1.95 bits per heavy atom. The highest BCUT2D eigenvalue weighted by Crippen LogP contribution is 2.05. The summed E-state index contributed by atoms with van der Waals surface area (Å²) in [5, 5.41) is 19.6. The fourth-order valence-electron chi connectivity index (χ4n) is 1.40. The molecule has 2 aromatic heterocycles. The third kappa shape index (κ3) is 3.00. The first-order chi connectivity index (χ1) is 9.10. The fourth-order valence-corrected chi connectivity index (χ4v) is 1.40. The molecule has 0 radical (unpaired) electrons. The molecule has 0 aliphatic heterocycles. The summed E-state index contributed by atoms with van der Waals surface area (Å²) < 4.78 is 1.55. The summed E-state index contributed by atoms with van der Waals surface area (Å²) in [4.78, 5) is 11.0. The van der Waals surface area contributed by atoms with Gasteiger partial charge in [0.25, 0.3) is 11.9 Å². The Bertz CT molecular complexity index is 576. The van der Waals surface area contributed by atoms with Gasteiger partial charge in [-0.05, 0) is 19.9 Å². The van der Waals surface area contributed by atoms with Crippen molar-refractivity contribution in [2.24, 2.45) is 0 Å². The molecular formula is C10H14N8O.